The summed E-state index contributed by atoms with van der Waals surface area (Å²) in [7, 11) is 1.66. The van der Waals surface area contributed by atoms with Crippen molar-refractivity contribution in [2.75, 3.05) is 19.3 Å². The number of aromatic nitrogens is 7. The van der Waals surface area contributed by atoms with E-state index in [0.717, 1.165) is 12.1 Å². The van der Waals surface area contributed by atoms with Gasteiger partial charge in [-0.15, -0.1) is 35.9 Å². The number of rotatable bonds is 6. The molecule has 0 aliphatic rings. The fourth-order valence-corrected chi connectivity index (χ4v) is 3.14. The number of nitrogens with two attached hydrogens (primary N) is 1. The van der Waals surface area contributed by atoms with E-state index in [4.69, 9.17) is 5.73 Å². The molecular weight excluding hydrogens is 480 g/mol. The summed E-state index contributed by atoms with van der Waals surface area (Å²) < 4.78 is 29.0. The Labute approximate surface area is 214 Å². The van der Waals surface area contributed by atoms with Crippen LogP contribution in [0.4, 0.5) is 14.7 Å². The van der Waals surface area contributed by atoms with Gasteiger partial charge in [0.15, 0.2) is 17.3 Å². The maximum absolute atomic E-state index is 14.0. The molecule has 0 saturated heterocycles. The molecule has 1 amide bonds. The Morgan fingerprint density at radius 1 is 1.08 bits per heavy atom. The minimum Gasteiger partial charge on any atom is -0.368 e. The van der Waals surface area contributed by atoms with Gasteiger partial charge < -0.3 is 10.6 Å². The van der Waals surface area contributed by atoms with Gasteiger partial charge in [0, 0.05) is 26.1 Å². The Hall–Kier alpha value is -4.71. The minimum absolute atomic E-state index is 0.0382. The monoisotopic (exact) mass is 509 g/mol. The molecule has 0 aliphatic carbocycles. The summed E-state index contributed by atoms with van der Waals surface area (Å²) in [6.07, 6.45) is 19.3. The lowest BCUT2D eigenvalue weighted by Crippen LogP contribution is -2.29. The van der Waals surface area contributed by atoms with E-state index >= 15 is 0 Å². The predicted octanol–water partition coefficient (Wildman–Crippen LogP) is 3.25. The largest absolute Gasteiger partial charge is 0.368 e. The van der Waals surface area contributed by atoms with Gasteiger partial charge in [0.2, 0.25) is 11.8 Å². The van der Waals surface area contributed by atoms with Crippen molar-refractivity contribution in [3.8, 4) is 25.7 Å². The maximum atomic E-state index is 14.0. The van der Waals surface area contributed by atoms with Crippen LogP contribution in [0, 0.1) is 44.3 Å². The third-order valence-corrected chi connectivity index (χ3v) is 4.72. The Balaban J connectivity index is 0.00000106. The van der Waals surface area contributed by atoms with E-state index in [0.29, 0.717) is 37.3 Å². The number of nitrogens with zero attached hydrogens (tertiary/aromatic N) is 8. The van der Waals surface area contributed by atoms with Gasteiger partial charge in [-0.3, -0.25) is 4.79 Å². The van der Waals surface area contributed by atoms with Gasteiger partial charge in [0.1, 0.15) is 11.3 Å². The molecule has 194 valence electrons. The number of benzene rings is 1. The van der Waals surface area contributed by atoms with Crippen LogP contribution in [0.3, 0.4) is 0 Å². The predicted molar refractivity (Wildman–Crippen MR) is 138 cm³/mol. The number of carbonyl (C=O) groups is 1. The van der Waals surface area contributed by atoms with E-state index in [1.165, 1.54) is 15.6 Å². The summed E-state index contributed by atoms with van der Waals surface area (Å²) in [6, 6.07) is 1.90. The van der Waals surface area contributed by atoms with Gasteiger partial charge in [-0.2, -0.15) is 9.61 Å². The second-order valence-corrected chi connectivity index (χ2v) is 7.12. The van der Waals surface area contributed by atoms with Gasteiger partial charge in [-0.1, -0.05) is 13.8 Å². The molecule has 3 aromatic heterocycles. The van der Waals surface area contributed by atoms with Crippen molar-refractivity contribution in [2.45, 2.75) is 40.0 Å². The zero-order chi connectivity index (χ0) is 28.1. The van der Waals surface area contributed by atoms with Crippen molar-refractivity contribution in [1.82, 2.24) is 39.7 Å². The average Bonchev–Trinajstić information content (AvgIpc) is 3.36. The highest BCUT2D eigenvalue weighted by Crippen LogP contribution is 2.23. The summed E-state index contributed by atoms with van der Waals surface area (Å²) >= 11 is 0. The van der Waals surface area contributed by atoms with Crippen molar-refractivity contribution in [3.63, 3.8) is 0 Å². The molecule has 0 bridgehead atoms. The van der Waals surface area contributed by atoms with Crippen LogP contribution in [-0.2, 0) is 6.42 Å². The summed E-state index contributed by atoms with van der Waals surface area (Å²) in [5.41, 5.74) is 6.68. The van der Waals surface area contributed by atoms with Crippen molar-refractivity contribution in [1.29, 1.82) is 0 Å². The van der Waals surface area contributed by atoms with Crippen LogP contribution >= 0.6 is 0 Å². The average molecular weight is 510 g/mol. The molecule has 0 spiro atoms. The highest BCUT2D eigenvalue weighted by atomic mass is 19.1. The van der Waals surface area contributed by atoms with Gasteiger partial charge in [0.05, 0.1) is 17.3 Å². The number of nitrogen functional groups attached to an aromatic ring is 1. The number of aryl methyl sites for hydroxylation is 2. The number of terminal acetylenes is 2. The molecule has 0 fully saturated rings. The van der Waals surface area contributed by atoms with E-state index in [2.05, 4.69) is 55.9 Å². The molecule has 1 aromatic carbocycles. The fourth-order valence-electron chi connectivity index (χ4n) is 3.14. The van der Waals surface area contributed by atoms with Crippen LogP contribution in [0.15, 0.2) is 18.3 Å². The van der Waals surface area contributed by atoms with Crippen molar-refractivity contribution < 1.29 is 13.6 Å². The number of unbranched alkanes of at least 4 members (excludes halogenated alkanes) is 1. The molecule has 37 heavy (non-hydrogen) atoms. The number of hydrogen-bond donors (Lipinski definition) is 1. The molecule has 2 N–H and O–H groups in total. The Morgan fingerprint density at radius 2 is 1.76 bits per heavy atom. The first-order chi connectivity index (χ1) is 17.8. The SMILES string of the molecule is C#C.C#C.CC.Cc1cnc(C(=O)N(C)CCCCc2nc3c4cc(F)cc(F)c4nc(N)n3n2)nn1. The molecular formula is C25H29F2N9O. The number of hydrogen-bond acceptors (Lipinski definition) is 8. The Kier molecular flexibility index (Phi) is 12.0. The number of halogens is 2. The van der Waals surface area contributed by atoms with Crippen molar-refractivity contribution in [2.24, 2.45) is 0 Å². The Morgan fingerprint density at radius 3 is 2.38 bits per heavy atom. The second-order valence-electron chi connectivity index (χ2n) is 7.12. The second kappa shape index (κ2) is 14.6. The quantitative estimate of drug-likeness (QED) is 0.310. The van der Waals surface area contributed by atoms with Crippen molar-refractivity contribution in [3.05, 3.63) is 47.3 Å². The summed E-state index contributed by atoms with van der Waals surface area (Å²) in [5, 5.41) is 12.1. The highest BCUT2D eigenvalue weighted by molar-refractivity contribution is 5.92. The lowest BCUT2D eigenvalue weighted by molar-refractivity contribution is 0.0779. The normalized spacial score (nSPS) is 9.78. The number of fused-ring (bicyclic) bond motifs is 3. The van der Waals surface area contributed by atoms with Crippen LogP contribution in [0.1, 0.15) is 48.8 Å². The zero-order valence-electron chi connectivity index (χ0n) is 21.2. The smallest absolute Gasteiger partial charge is 0.293 e. The molecule has 3 heterocycles. The third kappa shape index (κ3) is 7.39. The lowest BCUT2D eigenvalue weighted by atomic mass is 10.2. The summed E-state index contributed by atoms with van der Waals surface area (Å²) in [4.78, 5) is 26.2. The van der Waals surface area contributed by atoms with Crippen LogP contribution in [0.25, 0.3) is 16.6 Å². The number of amides is 1. The van der Waals surface area contributed by atoms with E-state index in [1.54, 1.807) is 14.0 Å². The highest BCUT2D eigenvalue weighted by Gasteiger charge is 2.17. The lowest BCUT2D eigenvalue weighted by Gasteiger charge is -2.15. The van der Waals surface area contributed by atoms with E-state index < -0.39 is 11.6 Å². The standard InChI is InChI=1S/C19H19F2N9O.C2H6.2C2H2/c1-10-9-23-16(27-26-10)18(31)29(2)6-4-3-5-14-24-17-12-7-11(20)8-13(21)15(12)25-19(22)30(17)28-14;3*1-2/h7-9H,3-6H2,1-2H3,(H2,22,25);1-2H3;2*1-2H. The first kappa shape index (κ1) is 30.3. The zero-order valence-corrected chi connectivity index (χ0v) is 21.2. The Bertz CT molecular complexity index is 1360. The summed E-state index contributed by atoms with van der Waals surface area (Å²) in [5.74, 6) is -1.38. The van der Waals surface area contributed by atoms with Crippen LogP contribution in [0.2, 0.25) is 0 Å². The first-order valence-corrected chi connectivity index (χ1v) is 11.2. The van der Waals surface area contributed by atoms with Gasteiger partial charge in [-0.25, -0.2) is 23.7 Å². The molecule has 10 nitrogen and oxygen atoms in total. The van der Waals surface area contributed by atoms with E-state index in [9.17, 15) is 13.6 Å². The molecule has 0 radical (unpaired) electrons. The molecule has 0 saturated carbocycles. The third-order valence-electron chi connectivity index (χ3n) is 4.72. The molecule has 0 atom stereocenters. The molecule has 4 rings (SSSR count). The van der Waals surface area contributed by atoms with E-state index in [-0.39, 0.29) is 34.2 Å². The first-order valence-electron chi connectivity index (χ1n) is 11.2. The minimum atomic E-state index is -0.811. The van der Waals surface area contributed by atoms with Gasteiger partial charge >= 0.3 is 0 Å². The van der Waals surface area contributed by atoms with Crippen molar-refractivity contribution >= 4 is 28.4 Å². The van der Waals surface area contributed by atoms with Crippen LogP contribution in [-0.4, -0.2) is 59.2 Å². The van der Waals surface area contributed by atoms with Crippen LogP contribution < -0.4 is 5.73 Å². The molecule has 12 heteroatoms. The fraction of sp³-hybridized carbons (Fsp3) is 0.320. The molecule has 4 aromatic rings. The molecule has 0 unspecified atom stereocenters. The van der Waals surface area contributed by atoms with Gasteiger partial charge in [0.25, 0.3) is 5.91 Å². The molecule has 0 aliphatic heterocycles. The number of anilines is 1. The van der Waals surface area contributed by atoms with Gasteiger partial charge in [-0.05, 0) is 25.8 Å². The van der Waals surface area contributed by atoms with Crippen LogP contribution in [0.5, 0.6) is 0 Å². The number of carbonyl (C=O) groups excluding carboxylic acids is 1. The topological polar surface area (TPSA) is 128 Å². The maximum Gasteiger partial charge on any atom is 0.293 e. The summed E-state index contributed by atoms with van der Waals surface area (Å²) in [6.45, 7) is 6.22. The van der Waals surface area contributed by atoms with E-state index in [1.807, 2.05) is 13.8 Å².